The molecule has 0 aromatic rings. The van der Waals surface area contributed by atoms with Gasteiger partial charge in [-0.15, -0.1) is 0 Å². The van der Waals surface area contributed by atoms with Crippen LogP contribution in [0.5, 0.6) is 0 Å². The van der Waals surface area contributed by atoms with E-state index in [1.807, 2.05) is 0 Å². The van der Waals surface area contributed by atoms with Gasteiger partial charge >= 0.3 is 0 Å². The second-order valence-corrected chi connectivity index (χ2v) is 13.0. The van der Waals surface area contributed by atoms with Crippen molar-refractivity contribution in [3.05, 3.63) is 0 Å². The van der Waals surface area contributed by atoms with Crippen LogP contribution in [-0.4, -0.2) is 71.7 Å². The van der Waals surface area contributed by atoms with Gasteiger partial charge in [0.25, 0.3) is 0 Å². The van der Waals surface area contributed by atoms with E-state index in [0.717, 1.165) is 38.5 Å². The first kappa shape index (κ1) is 29.7. The van der Waals surface area contributed by atoms with Gasteiger partial charge in [0.2, 0.25) is 0 Å². The summed E-state index contributed by atoms with van der Waals surface area (Å²) in [6, 6.07) is 0. The summed E-state index contributed by atoms with van der Waals surface area (Å²) in [7, 11) is 5.16. The van der Waals surface area contributed by atoms with E-state index in [-0.39, 0.29) is 35.7 Å². The molecule has 11 atom stereocenters. The molecule has 216 valence electrons. The quantitative estimate of drug-likeness (QED) is 0.329. The van der Waals surface area contributed by atoms with E-state index in [1.54, 1.807) is 21.3 Å². The highest BCUT2D eigenvalue weighted by Gasteiger charge is 2.66. The lowest BCUT2D eigenvalue weighted by Crippen LogP contribution is -2.63. The average molecular weight is 527 g/mol. The second-order valence-electron chi connectivity index (χ2n) is 13.0. The van der Waals surface area contributed by atoms with Gasteiger partial charge in [0.15, 0.2) is 0 Å². The Kier molecular flexibility index (Phi) is 10.4. The molecule has 0 amide bonds. The first-order valence-electron chi connectivity index (χ1n) is 14.8. The second kappa shape index (κ2) is 12.9. The first-order valence-corrected chi connectivity index (χ1v) is 14.8. The topological polar surface area (TPSA) is 75.6 Å². The molecule has 0 unspecified atom stereocenters. The van der Waals surface area contributed by atoms with E-state index in [4.69, 9.17) is 28.4 Å². The van der Waals surface area contributed by atoms with Gasteiger partial charge in [0.05, 0.1) is 18.3 Å². The van der Waals surface area contributed by atoms with Gasteiger partial charge in [-0.3, -0.25) is 0 Å². The summed E-state index contributed by atoms with van der Waals surface area (Å²) in [6.07, 6.45) is 10.5. The lowest BCUT2D eigenvalue weighted by Gasteiger charge is -2.64. The summed E-state index contributed by atoms with van der Waals surface area (Å²) in [5.41, 5.74) is 0.326. The molecular formula is C30H54O7. The molecule has 0 spiro atoms. The van der Waals surface area contributed by atoms with Crippen LogP contribution in [0.25, 0.3) is 0 Å². The van der Waals surface area contributed by atoms with Crippen LogP contribution in [0.15, 0.2) is 0 Å². The Hall–Kier alpha value is -0.280. The maximum absolute atomic E-state index is 9.51. The van der Waals surface area contributed by atoms with Crippen LogP contribution in [0.2, 0.25) is 0 Å². The maximum atomic E-state index is 9.51. The highest BCUT2D eigenvalue weighted by molar-refractivity contribution is 5.15. The summed E-state index contributed by atoms with van der Waals surface area (Å²) < 4.78 is 35.4. The van der Waals surface area contributed by atoms with Gasteiger partial charge in [0.1, 0.15) is 20.4 Å². The predicted molar refractivity (Wildman–Crippen MR) is 142 cm³/mol. The van der Waals surface area contributed by atoms with Crippen LogP contribution in [0.3, 0.4) is 0 Å². The number of methoxy groups -OCH3 is 3. The Morgan fingerprint density at radius 2 is 1.54 bits per heavy atom. The zero-order chi connectivity index (χ0) is 26.6. The van der Waals surface area contributed by atoms with Crippen molar-refractivity contribution in [2.45, 2.75) is 96.9 Å². The molecular weight excluding hydrogens is 472 g/mol. The fourth-order valence-corrected chi connectivity index (χ4v) is 9.72. The summed E-state index contributed by atoms with van der Waals surface area (Å²) in [6.45, 7) is 8.80. The number of rotatable bonds is 13. The van der Waals surface area contributed by atoms with Crippen molar-refractivity contribution in [1.29, 1.82) is 0 Å². The standard InChI is InChI=1S/C30H54O7/c1-20(8-7-13-31)23-9-10-24-28-25(16-27(30(23,24)3)37-19-34-6)29(2)12-11-22(35-17-32-4)14-21(29)15-26(28)36-18-33-5/h20-28,31H,7-19H2,1-6H3/t20-,21+,22-,23-,24+,25+,26-,27+,28+,29+,30-/m1/s1. The average Bonchev–Trinajstić information content (AvgIpc) is 3.26. The molecule has 0 aromatic carbocycles. The highest BCUT2D eigenvalue weighted by Crippen LogP contribution is 2.69. The molecule has 4 saturated carbocycles. The Morgan fingerprint density at radius 1 is 0.838 bits per heavy atom. The molecule has 7 nitrogen and oxygen atoms in total. The molecule has 1 N–H and O–H groups in total. The van der Waals surface area contributed by atoms with Gasteiger partial charge < -0.3 is 33.5 Å². The Morgan fingerprint density at radius 3 is 2.24 bits per heavy atom. The summed E-state index contributed by atoms with van der Waals surface area (Å²) in [5, 5.41) is 9.51. The number of fused-ring (bicyclic) bond motifs is 5. The smallest absolute Gasteiger partial charge is 0.146 e. The number of hydrogen-bond acceptors (Lipinski definition) is 7. The minimum absolute atomic E-state index is 0.0746. The van der Waals surface area contributed by atoms with Crippen LogP contribution in [0, 0.1) is 46.3 Å². The summed E-state index contributed by atoms with van der Waals surface area (Å²) >= 11 is 0. The third-order valence-electron chi connectivity index (χ3n) is 11.5. The molecule has 4 fully saturated rings. The van der Waals surface area contributed by atoms with Gasteiger partial charge in [-0.1, -0.05) is 20.8 Å². The normalized spacial score (nSPS) is 44.2. The number of hydrogen-bond donors (Lipinski definition) is 1. The third-order valence-corrected chi connectivity index (χ3v) is 11.5. The number of ether oxygens (including phenoxy) is 6. The molecule has 0 heterocycles. The van der Waals surface area contributed by atoms with Crippen LogP contribution >= 0.6 is 0 Å². The molecule has 37 heavy (non-hydrogen) atoms. The minimum Gasteiger partial charge on any atom is -0.396 e. The highest BCUT2D eigenvalue weighted by atomic mass is 16.7. The molecule has 0 radical (unpaired) electrons. The molecule has 0 bridgehead atoms. The van der Waals surface area contributed by atoms with E-state index in [0.29, 0.717) is 55.9 Å². The molecule has 7 heteroatoms. The van der Waals surface area contributed by atoms with E-state index in [2.05, 4.69) is 20.8 Å². The maximum Gasteiger partial charge on any atom is 0.146 e. The van der Waals surface area contributed by atoms with Gasteiger partial charge in [-0.2, -0.15) is 0 Å². The van der Waals surface area contributed by atoms with Crippen molar-refractivity contribution >= 4 is 0 Å². The van der Waals surface area contributed by atoms with Crippen molar-refractivity contribution < 1.29 is 33.5 Å². The third kappa shape index (κ3) is 5.66. The Labute approximate surface area is 225 Å². The fraction of sp³-hybridized carbons (Fsp3) is 1.00. The van der Waals surface area contributed by atoms with E-state index in [1.165, 1.54) is 19.3 Å². The van der Waals surface area contributed by atoms with Crippen molar-refractivity contribution in [2.75, 3.05) is 48.3 Å². The summed E-state index contributed by atoms with van der Waals surface area (Å²) in [5.74, 6) is 3.30. The fourth-order valence-electron chi connectivity index (χ4n) is 9.72. The van der Waals surface area contributed by atoms with Crippen molar-refractivity contribution in [3.8, 4) is 0 Å². The SMILES string of the molecule is COCO[C@@H]1CC[C@@]2(C)[C@@H](C1)C[C@@H](OCOC)[C@@H]1[C@@H]2C[C@H](OCOC)[C@]2(C)[C@@H]([C@H](C)CCCO)CC[C@@H]12. The number of aliphatic hydroxyl groups is 1. The first-order chi connectivity index (χ1) is 17.8. The van der Waals surface area contributed by atoms with Crippen molar-refractivity contribution in [2.24, 2.45) is 46.3 Å². The predicted octanol–water partition coefficient (Wildman–Crippen LogP) is 5.24. The van der Waals surface area contributed by atoms with Gasteiger partial charge in [-0.25, -0.2) is 0 Å². The van der Waals surface area contributed by atoms with Crippen LogP contribution < -0.4 is 0 Å². The number of aliphatic hydroxyl groups excluding tert-OH is 1. The lowest BCUT2D eigenvalue weighted by molar-refractivity contribution is -0.249. The monoisotopic (exact) mass is 526 g/mol. The van der Waals surface area contributed by atoms with Gasteiger partial charge in [0, 0.05) is 33.4 Å². The molecule has 4 rings (SSSR count). The van der Waals surface area contributed by atoms with Crippen LogP contribution in [0.1, 0.15) is 78.6 Å². The lowest BCUT2D eigenvalue weighted by atomic mass is 9.43. The van der Waals surface area contributed by atoms with Gasteiger partial charge in [-0.05, 0) is 98.7 Å². The molecule has 0 aliphatic heterocycles. The molecule has 4 aliphatic carbocycles. The van der Waals surface area contributed by atoms with Crippen LogP contribution in [0.4, 0.5) is 0 Å². The van der Waals surface area contributed by atoms with Crippen LogP contribution in [-0.2, 0) is 28.4 Å². The van der Waals surface area contributed by atoms with E-state index >= 15 is 0 Å². The largest absolute Gasteiger partial charge is 0.396 e. The summed E-state index contributed by atoms with van der Waals surface area (Å²) in [4.78, 5) is 0. The minimum atomic E-state index is 0.0746. The zero-order valence-corrected chi connectivity index (χ0v) is 24.3. The Balaban J connectivity index is 1.66. The van der Waals surface area contributed by atoms with Crippen molar-refractivity contribution in [3.63, 3.8) is 0 Å². The van der Waals surface area contributed by atoms with Crippen molar-refractivity contribution in [1.82, 2.24) is 0 Å². The zero-order valence-electron chi connectivity index (χ0n) is 24.3. The Bertz CT molecular complexity index is 705. The van der Waals surface area contributed by atoms with E-state index in [9.17, 15) is 5.11 Å². The molecule has 0 saturated heterocycles. The molecule has 4 aliphatic rings. The van der Waals surface area contributed by atoms with E-state index < -0.39 is 0 Å². The molecule has 0 aromatic heterocycles.